The van der Waals surface area contributed by atoms with Gasteiger partial charge in [0.2, 0.25) is 0 Å². The summed E-state index contributed by atoms with van der Waals surface area (Å²) in [6, 6.07) is 0. The Morgan fingerprint density at radius 3 is 2.33 bits per heavy atom. The van der Waals surface area contributed by atoms with Gasteiger partial charge in [0.15, 0.2) is 5.60 Å². The molecular formula is C10H16N2O3. The van der Waals surface area contributed by atoms with Gasteiger partial charge in [-0.2, -0.15) is 0 Å². The van der Waals surface area contributed by atoms with Crippen LogP contribution in [0.2, 0.25) is 0 Å². The molecule has 1 aliphatic heterocycles. The van der Waals surface area contributed by atoms with Crippen LogP contribution in [0, 0.1) is 10.8 Å². The smallest absolute Gasteiger partial charge is 0.313 e. The minimum atomic E-state index is -1.08. The van der Waals surface area contributed by atoms with Gasteiger partial charge in [-0.3, -0.25) is 15.0 Å². The quantitative estimate of drug-likeness (QED) is 0.279. The molecule has 2 aliphatic rings. The molecule has 2 atom stereocenters. The predicted octanol–water partition coefficient (Wildman–Crippen LogP) is 0.0982. The first kappa shape index (κ1) is 10.4. The Morgan fingerprint density at radius 1 is 1.40 bits per heavy atom. The second-order valence-electron chi connectivity index (χ2n) is 5.15. The number of amides is 1. The highest BCUT2D eigenvalue weighted by molar-refractivity contribution is 5.95. The number of hydrogen-bond acceptors (Lipinski definition) is 4. The van der Waals surface area contributed by atoms with E-state index in [0.717, 1.165) is 0 Å². The third kappa shape index (κ3) is 0.833. The number of rotatable bonds is 1. The van der Waals surface area contributed by atoms with Gasteiger partial charge in [0.05, 0.1) is 5.41 Å². The monoisotopic (exact) mass is 212 g/mol. The van der Waals surface area contributed by atoms with Crippen LogP contribution in [0.25, 0.3) is 0 Å². The molecule has 0 aromatic carbocycles. The summed E-state index contributed by atoms with van der Waals surface area (Å²) in [6.45, 7) is 5.63. The SMILES string of the molecule is CC12CCC(C(=O)NN)(OC1=O)C2(C)C. The van der Waals surface area contributed by atoms with Gasteiger partial charge in [-0.1, -0.05) is 13.8 Å². The van der Waals surface area contributed by atoms with E-state index in [1.807, 2.05) is 20.8 Å². The van der Waals surface area contributed by atoms with E-state index < -0.39 is 22.3 Å². The molecule has 1 amide bonds. The second-order valence-corrected chi connectivity index (χ2v) is 5.15. The molecule has 1 saturated heterocycles. The van der Waals surface area contributed by atoms with Gasteiger partial charge < -0.3 is 4.74 Å². The van der Waals surface area contributed by atoms with Crippen molar-refractivity contribution in [3.8, 4) is 0 Å². The largest absolute Gasteiger partial charge is 0.448 e. The van der Waals surface area contributed by atoms with Crippen LogP contribution in [0.3, 0.4) is 0 Å². The standard InChI is InChI=1S/C10H16N2O3/c1-8(2)9(3)4-5-10(8,6(13)12-11)15-7(9)14/h4-5,11H2,1-3H3,(H,12,13). The van der Waals surface area contributed by atoms with Crippen LogP contribution in [0.4, 0.5) is 0 Å². The molecular weight excluding hydrogens is 196 g/mol. The van der Waals surface area contributed by atoms with E-state index in [1.54, 1.807) is 0 Å². The number of fused-ring (bicyclic) bond motifs is 2. The van der Waals surface area contributed by atoms with Gasteiger partial charge in [-0.15, -0.1) is 0 Å². The first-order valence-corrected chi connectivity index (χ1v) is 5.06. The lowest BCUT2D eigenvalue weighted by molar-refractivity contribution is -0.168. The minimum absolute atomic E-state index is 0.289. The van der Waals surface area contributed by atoms with E-state index in [0.29, 0.717) is 12.8 Å². The third-order valence-corrected chi connectivity index (χ3v) is 4.58. The third-order valence-electron chi connectivity index (χ3n) is 4.58. The number of nitrogens with one attached hydrogen (secondary N) is 1. The highest BCUT2D eigenvalue weighted by Crippen LogP contribution is 2.65. The molecule has 0 aromatic heterocycles. The molecule has 2 fully saturated rings. The van der Waals surface area contributed by atoms with Gasteiger partial charge >= 0.3 is 5.97 Å². The lowest BCUT2D eigenvalue weighted by Gasteiger charge is -2.34. The van der Waals surface area contributed by atoms with Crippen molar-refractivity contribution in [1.82, 2.24) is 5.43 Å². The molecule has 1 heterocycles. The van der Waals surface area contributed by atoms with Crippen LogP contribution in [-0.2, 0) is 14.3 Å². The Labute approximate surface area is 88.3 Å². The molecule has 0 spiro atoms. The Bertz CT molecular complexity index is 353. The number of ether oxygens (including phenoxy) is 1. The number of nitrogens with two attached hydrogens (primary N) is 1. The van der Waals surface area contributed by atoms with Crippen molar-refractivity contribution < 1.29 is 14.3 Å². The molecule has 2 rings (SSSR count). The van der Waals surface area contributed by atoms with Crippen molar-refractivity contribution in [2.45, 2.75) is 39.2 Å². The summed E-state index contributed by atoms with van der Waals surface area (Å²) in [5.74, 6) is 4.46. The molecule has 3 N–H and O–H groups in total. The number of esters is 1. The maximum Gasteiger partial charge on any atom is 0.313 e. The highest BCUT2D eigenvalue weighted by atomic mass is 16.6. The summed E-state index contributed by atoms with van der Waals surface area (Å²) in [6.07, 6.45) is 1.22. The summed E-state index contributed by atoms with van der Waals surface area (Å²) in [5.41, 5.74) is -0.0565. The fraction of sp³-hybridized carbons (Fsp3) is 0.800. The Morgan fingerprint density at radius 2 is 2.00 bits per heavy atom. The fourth-order valence-corrected chi connectivity index (χ4v) is 2.86. The first-order chi connectivity index (χ1) is 6.82. The van der Waals surface area contributed by atoms with Gasteiger partial charge in [0, 0.05) is 5.41 Å². The highest BCUT2D eigenvalue weighted by Gasteiger charge is 2.75. The average Bonchev–Trinajstić information content (AvgIpc) is 2.47. The maximum atomic E-state index is 11.8. The molecule has 5 heteroatoms. The van der Waals surface area contributed by atoms with E-state index in [4.69, 9.17) is 10.6 Å². The fourth-order valence-electron chi connectivity index (χ4n) is 2.86. The van der Waals surface area contributed by atoms with E-state index in [2.05, 4.69) is 5.43 Å². The Hall–Kier alpha value is -1.10. The molecule has 15 heavy (non-hydrogen) atoms. The first-order valence-electron chi connectivity index (χ1n) is 5.06. The van der Waals surface area contributed by atoms with Crippen molar-refractivity contribution in [3.05, 3.63) is 0 Å². The van der Waals surface area contributed by atoms with Crippen molar-refractivity contribution >= 4 is 11.9 Å². The lowest BCUT2D eigenvalue weighted by atomic mass is 9.66. The van der Waals surface area contributed by atoms with Crippen molar-refractivity contribution in [1.29, 1.82) is 0 Å². The lowest BCUT2D eigenvalue weighted by Crippen LogP contribution is -2.55. The summed E-state index contributed by atoms with van der Waals surface area (Å²) >= 11 is 0. The number of carbonyl (C=O) groups is 2. The summed E-state index contributed by atoms with van der Waals surface area (Å²) in [5, 5.41) is 0. The summed E-state index contributed by atoms with van der Waals surface area (Å²) in [7, 11) is 0. The van der Waals surface area contributed by atoms with Crippen LogP contribution >= 0.6 is 0 Å². The van der Waals surface area contributed by atoms with Crippen LogP contribution in [0.15, 0.2) is 0 Å². The number of hydrogen-bond donors (Lipinski definition) is 2. The second kappa shape index (κ2) is 2.52. The molecule has 1 saturated carbocycles. The van der Waals surface area contributed by atoms with Gasteiger partial charge in [0.1, 0.15) is 0 Å². The molecule has 5 nitrogen and oxygen atoms in total. The van der Waals surface area contributed by atoms with E-state index in [1.165, 1.54) is 0 Å². The average molecular weight is 212 g/mol. The van der Waals surface area contributed by atoms with Crippen LogP contribution in [-0.4, -0.2) is 17.5 Å². The zero-order valence-corrected chi connectivity index (χ0v) is 9.22. The van der Waals surface area contributed by atoms with Crippen LogP contribution in [0.1, 0.15) is 33.6 Å². The Kier molecular flexibility index (Phi) is 1.75. The topological polar surface area (TPSA) is 81.4 Å². The summed E-state index contributed by atoms with van der Waals surface area (Å²) in [4.78, 5) is 23.5. The molecule has 0 radical (unpaired) electrons. The van der Waals surface area contributed by atoms with E-state index in [9.17, 15) is 9.59 Å². The zero-order valence-electron chi connectivity index (χ0n) is 9.22. The van der Waals surface area contributed by atoms with Crippen molar-refractivity contribution in [2.24, 2.45) is 16.7 Å². The zero-order chi connectivity index (χ0) is 11.5. The van der Waals surface area contributed by atoms with Crippen LogP contribution < -0.4 is 11.3 Å². The molecule has 2 bridgehead atoms. The number of hydrazine groups is 1. The van der Waals surface area contributed by atoms with Gasteiger partial charge in [-0.25, -0.2) is 5.84 Å². The van der Waals surface area contributed by atoms with Crippen LogP contribution in [0.5, 0.6) is 0 Å². The normalized spacial score (nSPS) is 41.5. The molecule has 2 unspecified atom stereocenters. The Balaban J connectivity index is 2.54. The van der Waals surface area contributed by atoms with Crippen molar-refractivity contribution in [2.75, 3.05) is 0 Å². The van der Waals surface area contributed by atoms with E-state index in [-0.39, 0.29) is 5.97 Å². The molecule has 0 aromatic rings. The summed E-state index contributed by atoms with van der Waals surface area (Å²) < 4.78 is 5.29. The predicted molar refractivity (Wildman–Crippen MR) is 52.3 cm³/mol. The maximum absolute atomic E-state index is 11.8. The van der Waals surface area contributed by atoms with Gasteiger partial charge in [-0.05, 0) is 19.8 Å². The molecule has 84 valence electrons. The molecule has 1 aliphatic carbocycles. The van der Waals surface area contributed by atoms with E-state index >= 15 is 0 Å². The van der Waals surface area contributed by atoms with Gasteiger partial charge in [0.25, 0.3) is 5.91 Å². The number of carbonyl (C=O) groups excluding carboxylic acids is 2. The minimum Gasteiger partial charge on any atom is -0.448 e. The van der Waals surface area contributed by atoms with Crippen molar-refractivity contribution in [3.63, 3.8) is 0 Å².